The van der Waals surface area contributed by atoms with Gasteiger partial charge in [-0.3, -0.25) is 0 Å². The second-order valence-electron chi connectivity index (χ2n) is 6.75. The molecule has 0 saturated carbocycles. The lowest BCUT2D eigenvalue weighted by Crippen LogP contribution is -2.47. The third-order valence-electron chi connectivity index (χ3n) is 4.82. The molecule has 0 amide bonds. The molecule has 0 aliphatic rings. The van der Waals surface area contributed by atoms with Gasteiger partial charge in [-0.05, 0) is 94.4 Å². The predicted molar refractivity (Wildman–Crippen MR) is 125 cm³/mol. The molecular weight excluding hydrogens is 573 g/mol. The first-order valence-electron chi connectivity index (χ1n) is 8.77. The van der Waals surface area contributed by atoms with Crippen molar-refractivity contribution in [3.05, 3.63) is 54.4 Å². The smallest absolute Gasteiger partial charge is 0.141 e. The molecule has 0 unspecified atom stereocenters. The molecular formula is C20H25FI2O2Si. The van der Waals surface area contributed by atoms with Crippen LogP contribution in [0.3, 0.4) is 0 Å². The highest BCUT2D eigenvalue weighted by atomic mass is 127. The Hall–Kier alpha value is -0.353. The minimum atomic E-state index is -1.75. The number of hydrogen-bond acceptors (Lipinski definition) is 2. The standard InChI is InChI=1S/C20H25FI2O2Si/c1-5-26(6-2,12-24-19-8-7-16(21)11-17(19)22)13-25-20-15(4)9-14(3)10-18(20)23/h7-11H,5-6,12-13H2,1-4H3. The number of hydrogen-bond donors (Lipinski definition) is 0. The number of ether oxygens (including phenoxy) is 2. The SMILES string of the molecule is CC[Si](CC)(COc1ccc(F)cc1I)COc1c(C)cc(C)cc1I. The molecule has 142 valence electrons. The average molecular weight is 598 g/mol. The Morgan fingerprint density at radius 2 is 1.58 bits per heavy atom. The van der Waals surface area contributed by atoms with Crippen LogP contribution < -0.4 is 9.47 Å². The van der Waals surface area contributed by atoms with Crippen LogP contribution in [0, 0.1) is 26.8 Å². The van der Waals surface area contributed by atoms with Crippen molar-refractivity contribution in [2.45, 2.75) is 39.8 Å². The van der Waals surface area contributed by atoms with E-state index in [4.69, 9.17) is 9.47 Å². The molecule has 0 aliphatic carbocycles. The summed E-state index contributed by atoms with van der Waals surface area (Å²) in [5.74, 6) is 1.52. The minimum absolute atomic E-state index is 0.232. The molecule has 6 heteroatoms. The van der Waals surface area contributed by atoms with Gasteiger partial charge in [0.25, 0.3) is 0 Å². The molecule has 2 nitrogen and oxygen atoms in total. The Bertz CT molecular complexity index is 740. The highest BCUT2D eigenvalue weighted by Crippen LogP contribution is 2.29. The fourth-order valence-electron chi connectivity index (χ4n) is 2.83. The zero-order valence-corrected chi connectivity index (χ0v) is 21.0. The summed E-state index contributed by atoms with van der Waals surface area (Å²) in [4.78, 5) is 0. The van der Waals surface area contributed by atoms with E-state index in [2.05, 4.69) is 85.0 Å². The zero-order valence-electron chi connectivity index (χ0n) is 15.7. The summed E-state index contributed by atoms with van der Waals surface area (Å²) in [5, 5.41) is 0. The minimum Gasteiger partial charge on any atom is -0.496 e. The molecule has 0 aromatic heterocycles. The van der Waals surface area contributed by atoms with Crippen molar-refractivity contribution in [3.8, 4) is 11.5 Å². The molecule has 0 atom stereocenters. The normalized spacial score (nSPS) is 11.5. The van der Waals surface area contributed by atoms with Gasteiger partial charge in [-0.1, -0.05) is 32.0 Å². The average Bonchev–Trinajstić information content (AvgIpc) is 2.58. The van der Waals surface area contributed by atoms with Gasteiger partial charge in [0, 0.05) is 0 Å². The van der Waals surface area contributed by atoms with E-state index in [0.29, 0.717) is 6.23 Å². The molecule has 0 heterocycles. The Kier molecular flexibility index (Phi) is 8.21. The summed E-state index contributed by atoms with van der Waals surface area (Å²) >= 11 is 4.47. The Balaban J connectivity index is 2.11. The van der Waals surface area contributed by atoms with Gasteiger partial charge in [0.05, 0.1) is 19.6 Å². The van der Waals surface area contributed by atoms with E-state index in [1.165, 1.54) is 23.3 Å². The van der Waals surface area contributed by atoms with Gasteiger partial charge >= 0.3 is 0 Å². The van der Waals surface area contributed by atoms with E-state index < -0.39 is 8.07 Å². The molecule has 0 radical (unpaired) electrons. The predicted octanol–water partition coefficient (Wildman–Crippen LogP) is 6.68. The number of aryl methyl sites for hydroxylation is 2. The number of benzene rings is 2. The van der Waals surface area contributed by atoms with Gasteiger partial charge < -0.3 is 9.47 Å². The summed E-state index contributed by atoms with van der Waals surface area (Å²) in [6.07, 6.45) is 1.42. The van der Waals surface area contributed by atoms with Gasteiger partial charge in [0.1, 0.15) is 25.4 Å². The first kappa shape index (κ1) is 21.9. The maximum atomic E-state index is 13.3. The lowest BCUT2D eigenvalue weighted by Gasteiger charge is -2.29. The van der Waals surface area contributed by atoms with E-state index >= 15 is 0 Å². The van der Waals surface area contributed by atoms with Gasteiger partial charge in [-0.25, -0.2) is 4.39 Å². The molecule has 0 bridgehead atoms. The van der Waals surface area contributed by atoms with Crippen molar-refractivity contribution in [2.24, 2.45) is 0 Å². The summed E-state index contributed by atoms with van der Waals surface area (Å²) < 4.78 is 27.7. The molecule has 26 heavy (non-hydrogen) atoms. The highest BCUT2D eigenvalue weighted by molar-refractivity contribution is 14.1. The monoisotopic (exact) mass is 598 g/mol. The summed E-state index contributed by atoms with van der Waals surface area (Å²) in [6.45, 7) is 8.66. The first-order chi connectivity index (χ1) is 12.3. The lowest BCUT2D eigenvalue weighted by molar-refractivity contribution is 0.337. The van der Waals surface area contributed by atoms with Crippen molar-refractivity contribution in [3.63, 3.8) is 0 Å². The maximum Gasteiger partial charge on any atom is 0.141 e. The molecule has 2 rings (SSSR count). The van der Waals surface area contributed by atoms with Crippen LogP contribution >= 0.6 is 45.2 Å². The quantitative estimate of drug-likeness (QED) is 0.250. The van der Waals surface area contributed by atoms with Crippen LogP contribution in [0.4, 0.5) is 4.39 Å². The van der Waals surface area contributed by atoms with Crippen LogP contribution in [-0.2, 0) is 0 Å². The molecule has 0 spiro atoms. The fourth-order valence-corrected chi connectivity index (χ4v) is 6.85. The molecule has 0 saturated heterocycles. The fraction of sp³-hybridized carbons (Fsp3) is 0.400. The highest BCUT2D eigenvalue weighted by Gasteiger charge is 2.32. The lowest BCUT2D eigenvalue weighted by atomic mass is 10.1. The van der Waals surface area contributed by atoms with Gasteiger partial charge in [0.2, 0.25) is 0 Å². The zero-order chi connectivity index (χ0) is 19.3. The first-order valence-corrected chi connectivity index (χ1v) is 13.8. The Morgan fingerprint density at radius 1 is 0.923 bits per heavy atom. The Labute approximate surface area is 184 Å². The van der Waals surface area contributed by atoms with E-state index in [0.717, 1.165) is 37.0 Å². The van der Waals surface area contributed by atoms with E-state index in [1.54, 1.807) is 6.07 Å². The summed E-state index contributed by atoms with van der Waals surface area (Å²) in [7, 11) is -1.75. The van der Waals surface area contributed by atoms with Crippen molar-refractivity contribution in [1.29, 1.82) is 0 Å². The van der Waals surface area contributed by atoms with Crippen LogP contribution in [0.2, 0.25) is 12.1 Å². The molecule has 0 aliphatic heterocycles. The molecule has 2 aromatic rings. The second-order valence-corrected chi connectivity index (χ2v) is 14.1. The van der Waals surface area contributed by atoms with Gasteiger partial charge in [0.15, 0.2) is 0 Å². The molecule has 0 N–H and O–H groups in total. The number of rotatable bonds is 8. The Morgan fingerprint density at radius 3 is 2.15 bits per heavy atom. The van der Waals surface area contributed by atoms with E-state index in [1.807, 2.05) is 0 Å². The topological polar surface area (TPSA) is 18.5 Å². The third kappa shape index (κ3) is 5.57. The molecule has 2 aromatic carbocycles. The van der Waals surface area contributed by atoms with E-state index in [9.17, 15) is 4.39 Å². The number of halogens is 3. The van der Waals surface area contributed by atoms with Crippen molar-refractivity contribution in [2.75, 3.05) is 12.5 Å². The summed E-state index contributed by atoms with van der Waals surface area (Å²) in [6, 6.07) is 11.2. The van der Waals surface area contributed by atoms with E-state index in [-0.39, 0.29) is 5.82 Å². The largest absolute Gasteiger partial charge is 0.496 e. The van der Waals surface area contributed by atoms with Gasteiger partial charge in [-0.2, -0.15) is 0 Å². The third-order valence-corrected chi connectivity index (χ3v) is 11.0. The summed E-state index contributed by atoms with van der Waals surface area (Å²) in [5.41, 5.74) is 2.43. The van der Waals surface area contributed by atoms with Crippen LogP contribution in [0.15, 0.2) is 30.3 Å². The van der Waals surface area contributed by atoms with Crippen LogP contribution in [0.25, 0.3) is 0 Å². The maximum absolute atomic E-state index is 13.3. The van der Waals surface area contributed by atoms with Gasteiger partial charge in [-0.15, -0.1) is 0 Å². The van der Waals surface area contributed by atoms with Crippen LogP contribution in [-0.4, -0.2) is 20.5 Å². The molecule has 0 fully saturated rings. The van der Waals surface area contributed by atoms with Crippen molar-refractivity contribution in [1.82, 2.24) is 0 Å². The van der Waals surface area contributed by atoms with Crippen LogP contribution in [0.5, 0.6) is 11.5 Å². The van der Waals surface area contributed by atoms with Crippen molar-refractivity contribution >= 4 is 53.3 Å². The van der Waals surface area contributed by atoms with Crippen molar-refractivity contribution < 1.29 is 13.9 Å². The van der Waals surface area contributed by atoms with Crippen LogP contribution in [0.1, 0.15) is 25.0 Å². The second kappa shape index (κ2) is 9.72.